The summed E-state index contributed by atoms with van der Waals surface area (Å²) in [5.41, 5.74) is 4.00. The molecule has 2 saturated heterocycles. The predicted octanol–water partition coefficient (Wildman–Crippen LogP) is 7.98. The number of nitrogens with zero attached hydrogens (tertiary/aromatic N) is 4. The average Bonchev–Trinajstić information content (AvgIpc) is 3.50. The van der Waals surface area contributed by atoms with Crippen molar-refractivity contribution in [3.8, 4) is 28.3 Å². The van der Waals surface area contributed by atoms with Crippen LogP contribution >= 0.6 is 0 Å². The number of piperidine rings is 1. The van der Waals surface area contributed by atoms with E-state index in [-0.39, 0.29) is 41.7 Å². The van der Waals surface area contributed by atoms with Crippen molar-refractivity contribution in [1.29, 1.82) is 0 Å². The van der Waals surface area contributed by atoms with Crippen LogP contribution in [0.2, 0.25) is 0 Å². The van der Waals surface area contributed by atoms with E-state index in [2.05, 4.69) is 32.0 Å². The third-order valence-corrected chi connectivity index (χ3v) is 9.19. The minimum atomic E-state index is -4.83. The van der Waals surface area contributed by atoms with Gasteiger partial charge in [0.05, 0.1) is 18.4 Å². The summed E-state index contributed by atoms with van der Waals surface area (Å²) in [6.07, 6.45) is 0.789. The Balaban J connectivity index is 1.05. The highest BCUT2D eigenvalue weighted by Crippen LogP contribution is 2.46. The van der Waals surface area contributed by atoms with Crippen LogP contribution in [0.25, 0.3) is 22.5 Å². The zero-order valence-corrected chi connectivity index (χ0v) is 25.5. The summed E-state index contributed by atoms with van der Waals surface area (Å²) in [4.78, 5) is 14.2. The fraction of sp³-hybridized carbons (Fsp3) is 0.441. The Morgan fingerprint density at radius 3 is 2.35 bits per heavy atom. The van der Waals surface area contributed by atoms with E-state index in [0.717, 1.165) is 49.8 Å². The normalized spacial score (nSPS) is 21.3. The second-order valence-corrected chi connectivity index (χ2v) is 12.7. The van der Waals surface area contributed by atoms with Crippen molar-refractivity contribution in [2.45, 2.75) is 95.5 Å². The van der Waals surface area contributed by atoms with Crippen molar-refractivity contribution in [3.63, 3.8) is 0 Å². The molecule has 3 fully saturated rings. The minimum Gasteiger partial charge on any atom is -0.477 e. The first-order valence-electron chi connectivity index (χ1n) is 15.7. The van der Waals surface area contributed by atoms with Gasteiger partial charge in [-0.2, -0.15) is 5.10 Å². The zero-order valence-electron chi connectivity index (χ0n) is 25.5. The Kier molecular flexibility index (Phi) is 7.78. The van der Waals surface area contributed by atoms with Gasteiger partial charge >= 0.3 is 12.3 Å². The fourth-order valence-electron chi connectivity index (χ4n) is 6.99. The lowest BCUT2D eigenvalue weighted by Gasteiger charge is -2.40. The van der Waals surface area contributed by atoms with Crippen LogP contribution < -0.4 is 9.64 Å². The largest absolute Gasteiger partial charge is 0.573 e. The molecule has 2 aliphatic heterocycles. The number of anilines is 1. The van der Waals surface area contributed by atoms with Gasteiger partial charge in [0, 0.05) is 46.4 Å². The number of ether oxygens (including phenoxy) is 2. The van der Waals surface area contributed by atoms with Gasteiger partial charge in [0.1, 0.15) is 22.9 Å². The molecule has 0 spiro atoms. The van der Waals surface area contributed by atoms with Gasteiger partial charge in [0.15, 0.2) is 0 Å². The molecule has 1 aliphatic carbocycles. The summed E-state index contributed by atoms with van der Waals surface area (Å²) in [5, 5.41) is 18.3. The Morgan fingerprint density at radius 1 is 1.04 bits per heavy atom. The number of halogens is 3. The Labute approximate surface area is 263 Å². The number of fused-ring (bicyclic) bond motifs is 2. The van der Waals surface area contributed by atoms with Crippen LogP contribution in [0, 0.1) is 0 Å². The molecular formula is C34H35F3N4O5. The Hall–Kier alpha value is -4.32. The maximum Gasteiger partial charge on any atom is 0.573 e. The van der Waals surface area contributed by atoms with Crippen molar-refractivity contribution in [2.75, 3.05) is 4.90 Å². The third kappa shape index (κ3) is 5.97. The Bertz CT molecular complexity index is 1710. The number of carboxylic acids is 1. The molecule has 9 nitrogen and oxygen atoms in total. The van der Waals surface area contributed by atoms with E-state index in [9.17, 15) is 23.1 Å². The van der Waals surface area contributed by atoms with E-state index in [1.54, 1.807) is 18.2 Å². The standard InChI is InChI=1S/C34H35F3N4O5/c1-19(2)41-29(33(42)43)17-28(38-41)20-9-11-22(12-10-20)40-23-13-14-24(40)16-25(15-23)44-18-27-31(39-46-32(27)21-7-8-21)26-5-3-4-6-30(26)45-34(35,36)37/h3-6,9-12,17,19,21,23-25H,7-8,13-16,18H2,1-2H3,(H,42,43). The maximum atomic E-state index is 13.2. The summed E-state index contributed by atoms with van der Waals surface area (Å²) in [5.74, 6) is -0.438. The maximum absolute atomic E-state index is 13.2. The third-order valence-electron chi connectivity index (χ3n) is 9.19. The highest BCUT2D eigenvalue weighted by molar-refractivity contribution is 5.87. The first-order valence-corrected chi connectivity index (χ1v) is 15.7. The second kappa shape index (κ2) is 11.8. The van der Waals surface area contributed by atoms with Crippen molar-refractivity contribution in [3.05, 3.63) is 71.6 Å². The second-order valence-electron chi connectivity index (χ2n) is 12.7. The van der Waals surface area contributed by atoms with Gasteiger partial charge in [0.25, 0.3) is 0 Å². The van der Waals surface area contributed by atoms with Crippen LogP contribution in [-0.2, 0) is 11.3 Å². The van der Waals surface area contributed by atoms with Gasteiger partial charge in [-0.25, -0.2) is 4.79 Å². The number of benzene rings is 2. The average molecular weight is 637 g/mol. The quantitative estimate of drug-likeness (QED) is 0.187. The van der Waals surface area contributed by atoms with Crippen molar-refractivity contribution in [2.24, 2.45) is 0 Å². The summed E-state index contributed by atoms with van der Waals surface area (Å²) < 4.78 is 57.5. The van der Waals surface area contributed by atoms with E-state index in [1.165, 1.54) is 16.8 Å². The number of carbonyl (C=O) groups is 1. The lowest BCUT2D eigenvalue weighted by Crippen LogP contribution is -2.45. The molecule has 1 saturated carbocycles. The van der Waals surface area contributed by atoms with E-state index in [0.29, 0.717) is 34.8 Å². The van der Waals surface area contributed by atoms with Crippen LogP contribution in [0.5, 0.6) is 5.75 Å². The molecule has 242 valence electrons. The molecule has 0 radical (unpaired) electrons. The van der Waals surface area contributed by atoms with Crippen molar-refractivity contribution >= 4 is 11.7 Å². The van der Waals surface area contributed by atoms with E-state index < -0.39 is 12.3 Å². The molecule has 2 atom stereocenters. The van der Waals surface area contributed by atoms with Crippen LogP contribution in [-0.4, -0.2) is 50.6 Å². The number of para-hydroxylation sites is 1. The molecule has 4 heterocycles. The number of hydrogen-bond acceptors (Lipinski definition) is 7. The highest BCUT2D eigenvalue weighted by Gasteiger charge is 2.42. The predicted molar refractivity (Wildman–Crippen MR) is 163 cm³/mol. The molecule has 2 bridgehead atoms. The van der Waals surface area contributed by atoms with Crippen LogP contribution in [0.15, 0.2) is 59.1 Å². The van der Waals surface area contributed by atoms with Crippen molar-refractivity contribution in [1.82, 2.24) is 14.9 Å². The molecular weight excluding hydrogens is 601 g/mol. The summed E-state index contributed by atoms with van der Waals surface area (Å²) in [7, 11) is 0. The van der Waals surface area contributed by atoms with Gasteiger partial charge in [-0.1, -0.05) is 29.4 Å². The molecule has 4 aromatic rings. The molecule has 2 aromatic heterocycles. The smallest absolute Gasteiger partial charge is 0.477 e. The van der Waals surface area contributed by atoms with Crippen molar-refractivity contribution < 1.29 is 37.1 Å². The zero-order chi connectivity index (χ0) is 32.2. The number of aromatic carboxylic acids is 1. The van der Waals surface area contributed by atoms with Gasteiger partial charge in [0.2, 0.25) is 0 Å². The fourth-order valence-corrected chi connectivity index (χ4v) is 6.99. The topological polar surface area (TPSA) is 103 Å². The molecule has 2 unspecified atom stereocenters. The summed E-state index contributed by atoms with van der Waals surface area (Å²) >= 11 is 0. The number of hydrogen-bond donors (Lipinski definition) is 1. The molecule has 12 heteroatoms. The van der Waals surface area contributed by atoms with E-state index in [4.69, 9.17) is 9.26 Å². The van der Waals surface area contributed by atoms with Gasteiger partial charge < -0.3 is 24.0 Å². The molecule has 1 N–H and O–H groups in total. The molecule has 46 heavy (non-hydrogen) atoms. The lowest BCUT2D eigenvalue weighted by atomic mass is 9.98. The van der Waals surface area contributed by atoms with Gasteiger partial charge in [-0.15, -0.1) is 13.2 Å². The monoisotopic (exact) mass is 636 g/mol. The molecule has 7 rings (SSSR count). The Morgan fingerprint density at radius 2 is 1.74 bits per heavy atom. The summed E-state index contributed by atoms with van der Waals surface area (Å²) in [6, 6.07) is 16.2. The first kappa shape index (κ1) is 30.3. The van der Waals surface area contributed by atoms with Crippen LogP contribution in [0.1, 0.15) is 86.1 Å². The van der Waals surface area contributed by atoms with Gasteiger partial charge in [-0.05, 0) is 82.7 Å². The highest BCUT2D eigenvalue weighted by atomic mass is 19.4. The number of carboxylic acid groups (broad SMARTS) is 1. The van der Waals surface area contributed by atoms with Gasteiger partial charge in [-0.3, -0.25) is 4.68 Å². The molecule has 3 aliphatic rings. The number of aromatic nitrogens is 3. The minimum absolute atomic E-state index is 0.0149. The first-order chi connectivity index (χ1) is 22.1. The molecule has 0 amide bonds. The lowest BCUT2D eigenvalue weighted by molar-refractivity contribution is -0.274. The summed E-state index contributed by atoms with van der Waals surface area (Å²) in [6.45, 7) is 4.00. The van der Waals surface area contributed by atoms with Crippen LogP contribution in [0.4, 0.5) is 18.9 Å². The SMILES string of the molecule is CC(C)n1nc(-c2ccc(N3C4CCC3CC(OCc3c(-c5ccccc5OC(F)(F)F)noc3C3CC3)C4)cc2)cc1C(=O)O. The number of alkyl halides is 3. The van der Waals surface area contributed by atoms with E-state index >= 15 is 0 Å². The molecule has 2 aromatic carbocycles. The van der Waals surface area contributed by atoms with E-state index in [1.807, 2.05) is 26.0 Å². The number of rotatable bonds is 10. The van der Waals surface area contributed by atoms with Crippen LogP contribution in [0.3, 0.4) is 0 Å².